The molecule has 0 unspecified atom stereocenters. The monoisotopic (exact) mass is 281 g/mol. The molecule has 2 heterocycles. The van der Waals surface area contributed by atoms with E-state index >= 15 is 0 Å². The van der Waals surface area contributed by atoms with Gasteiger partial charge in [0.1, 0.15) is 10.1 Å². The van der Waals surface area contributed by atoms with Gasteiger partial charge in [0, 0.05) is 23.1 Å². The van der Waals surface area contributed by atoms with E-state index in [2.05, 4.69) is 30.9 Å². The van der Waals surface area contributed by atoms with E-state index in [1.807, 2.05) is 13.0 Å². The zero-order valence-electron chi connectivity index (χ0n) is 8.01. The van der Waals surface area contributed by atoms with Gasteiger partial charge in [0.15, 0.2) is 0 Å². The highest BCUT2D eigenvalue weighted by atomic mass is 79.9. The van der Waals surface area contributed by atoms with Crippen LogP contribution < -0.4 is 0 Å². The summed E-state index contributed by atoms with van der Waals surface area (Å²) in [4.78, 5) is 12.5. The van der Waals surface area contributed by atoms with Crippen LogP contribution in [0.3, 0.4) is 0 Å². The summed E-state index contributed by atoms with van der Waals surface area (Å²) in [6.45, 7) is 2.02. The Labute approximate surface area is 101 Å². The van der Waals surface area contributed by atoms with E-state index in [4.69, 9.17) is 0 Å². The van der Waals surface area contributed by atoms with E-state index in [-0.39, 0.29) is 0 Å². The van der Waals surface area contributed by atoms with Crippen LogP contribution in [0.25, 0.3) is 0 Å². The van der Waals surface area contributed by atoms with Crippen LogP contribution in [0, 0.1) is 6.92 Å². The molecular formula is C10H8BrN3S. The number of aromatic nitrogens is 3. The Kier molecular flexibility index (Phi) is 3.33. The summed E-state index contributed by atoms with van der Waals surface area (Å²) in [6, 6.07) is 2.03. The summed E-state index contributed by atoms with van der Waals surface area (Å²) in [5.41, 5.74) is 1.13. The van der Waals surface area contributed by atoms with Gasteiger partial charge in [0.25, 0.3) is 0 Å². The molecule has 0 N–H and O–H groups in total. The Morgan fingerprint density at radius 1 is 1.20 bits per heavy atom. The molecule has 76 valence electrons. The number of hydrogen-bond donors (Lipinski definition) is 0. The number of rotatable bonds is 2. The maximum Gasteiger partial charge on any atom is 0.121 e. The lowest BCUT2D eigenvalue weighted by molar-refractivity contribution is 1.03. The van der Waals surface area contributed by atoms with Crippen LogP contribution in [0.4, 0.5) is 0 Å². The standard InChI is InChI=1S/C10H8BrN3S/c1-7-4-8(11)5-14-10(7)15-9-6-12-2-3-13-9/h2-6H,1H3. The minimum absolute atomic E-state index is 0.857. The second kappa shape index (κ2) is 4.72. The molecule has 0 fully saturated rings. The summed E-state index contributed by atoms with van der Waals surface area (Å²) < 4.78 is 0.989. The van der Waals surface area contributed by atoms with Crippen molar-refractivity contribution in [3.8, 4) is 0 Å². The number of aryl methyl sites for hydroxylation is 1. The summed E-state index contributed by atoms with van der Waals surface area (Å²) >= 11 is 4.90. The van der Waals surface area contributed by atoms with Gasteiger partial charge in [0.05, 0.1) is 6.20 Å². The molecule has 0 radical (unpaired) electrons. The van der Waals surface area contributed by atoms with Gasteiger partial charge in [-0.3, -0.25) is 4.98 Å². The molecule has 15 heavy (non-hydrogen) atoms. The van der Waals surface area contributed by atoms with Crippen LogP contribution in [-0.2, 0) is 0 Å². The van der Waals surface area contributed by atoms with Crippen molar-refractivity contribution in [2.45, 2.75) is 17.0 Å². The molecule has 2 rings (SSSR count). The molecule has 2 aromatic rings. The number of hydrogen-bond acceptors (Lipinski definition) is 4. The molecular weight excluding hydrogens is 274 g/mol. The van der Waals surface area contributed by atoms with Crippen molar-refractivity contribution in [2.75, 3.05) is 0 Å². The first kappa shape index (κ1) is 10.6. The Morgan fingerprint density at radius 2 is 2.07 bits per heavy atom. The predicted molar refractivity (Wildman–Crippen MR) is 62.8 cm³/mol. The zero-order chi connectivity index (χ0) is 10.7. The van der Waals surface area contributed by atoms with Gasteiger partial charge in [-0.1, -0.05) is 0 Å². The van der Waals surface area contributed by atoms with Gasteiger partial charge in [-0.25, -0.2) is 9.97 Å². The molecule has 0 aromatic carbocycles. The van der Waals surface area contributed by atoms with Crippen molar-refractivity contribution >= 4 is 27.7 Å². The highest BCUT2D eigenvalue weighted by molar-refractivity contribution is 9.10. The molecule has 0 aliphatic carbocycles. The Hall–Kier alpha value is -0.940. The normalized spacial score (nSPS) is 10.3. The molecule has 0 bridgehead atoms. The second-order valence-corrected chi connectivity index (χ2v) is 4.85. The lowest BCUT2D eigenvalue weighted by Gasteiger charge is -2.03. The first-order valence-electron chi connectivity index (χ1n) is 4.32. The van der Waals surface area contributed by atoms with E-state index in [9.17, 15) is 0 Å². The molecule has 2 aromatic heterocycles. The van der Waals surface area contributed by atoms with E-state index in [0.29, 0.717) is 0 Å². The van der Waals surface area contributed by atoms with Gasteiger partial charge in [-0.2, -0.15) is 0 Å². The molecule has 0 saturated carbocycles. The van der Waals surface area contributed by atoms with Gasteiger partial charge >= 0.3 is 0 Å². The van der Waals surface area contributed by atoms with Gasteiger partial charge < -0.3 is 0 Å². The fraction of sp³-hybridized carbons (Fsp3) is 0.100. The van der Waals surface area contributed by atoms with Crippen molar-refractivity contribution in [1.82, 2.24) is 15.0 Å². The van der Waals surface area contributed by atoms with Crippen molar-refractivity contribution in [1.29, 1.82) is 0 Å². The average molecular weight is 282 g/mol. The van der Waals surface area contributed by atoms with Crippen LogP contribution in [0.15, 0.2) is 45.4 Å². The highest BCUT2D eigenvalue weighted by Gasteiger charge is 2.03. The second-order valence-electron chi connectivity index (χ2n) is 2.92. The SMILES string of the molecule is Cc1cc(Br)cnc1Sc1cnccn1. The summed E-state index contributed by atoms with van der Waals surface area (Å²) in [7, 11) is 0. The predicted octanol–water partition coefficient (Wildman–Crippen LogP) is 3.09. The Balaban J connectivity index is 2.25. The summed E-state index contributed by atoms with van der Waals surface area (Å²) in [5, 5.41) is 1.81. The van der Waals surface area contributed by atoms with E-state index in [0.717, 1.165) is 20.1 Å². The third kappa shape index (κ3) is 2.76. The van der Waals surface area contributed by atoms with Crippen molar-refractivity contribution in [3.05, 3.63) is 40.9 Å². The van der Waals surface area contributed by atoms with Crippen LogP contribution in [-0.4, -0.2) is 15.0 Å². The van der Waals surface area contributed by atoms with E-state index < -0.39 is 0 Å². The third-order valence-electron chi connectivity index (χ3n) is 1.74. The highest BCUT2D eigenvalue weighted by Crippen LogP contribution is 2.27. The average Bonchev–Trinajstić information content (AvgIpc) is 2.24. The summed E-state index contributed by atoms with van der Waals surface area (Å²) in [6.07, 6.45) is 6.85. The third-order valence-corrected chi connectivity index (χ3v) is 3.21. The fourth-order valence-electron chi connectivity index (χ4n) is 1.07. The van der Waals surface area contributed by atoms with E-state index in [1.165, 1.54) is 11.8 Å². The van der Waals surface area contributed by atoms with Crippen LogP contribution in [0.2, 0.25) is 0 Å². The smallest absolute Gasteiger partial charge is 0.121 e. The Bertz CT molecular complexity index is 461. The molecule has 0 saturated heterocycles. The maximum absolute atomic E-state index is 4.32. The van der Waals surface area contributed by atoms with Crippen LogP contribution in [0.1, 0.15) is 5.56 Å². The van der Waals surface area contributed by atoms with Gasteiger partial charge in [0.2, 0.25) is 0 Å². The Morgan fingerprint density at radius 3 is 2.73 bits per heavy atom. The summed E-state index contributed by atoms with van der Waals surface area (Å²) in [5.74, 6) is 0. The molecule has 0 amide bonds. The topological polar surface area (TPSA) is 38.7 Å². The molecule has 0 aliphatic rings. The first-order chi connectivity index (χ1) is 7.25. The number of pyridine rings is 1. The maximum atomic E-state index is 4.32. The molecule has 3 nitrogen and oxygen atoms in total. The van der Waals surface area contributed by atoms with E-state index in [1.54, 1.807) is 24.8 Å². The van der Waals surface area contributed by atoms with Crippen molar-refractivity contribution < 1.29 is 0 Å². The van der Waals surface area contributed by atoms with Crippen LogP contribution in [0.5, 0.6) is 0 Å². The minimum atomic E-state index is 0.857. The lowest BCUT2D eigenvalue weighted by atomic mass is 10.3. The van der Waals surface area contributed by atoms with Crippen molar-refractivity contribution in [3.63, 3.8) is 0 Å². The number of halogens is 1. The number of nitrogens with zero attached hydrogens (tertiary/aromatic N) is 3. The molecule has 0 spiro atoms. The molecule has 0 aliphatic heterocycles. The quantitative estimate of drug-likeness (QED) is 0.848. The molecule has 5 heteroatoms. The minimum Gasteiger partial charge on any atom is -0.260 e. The van der Waals surface area contributed by atoms with Gasteiger partial charge in [-0.05, 0) is 46.2 Å². The fourth-order valence-corrected chi connectivity index (χ4v) is 2.27. The zero-order valence-corrected chi connectivity index (χ0v) is 10.4. The molecule has 0 atom stereocenters. The largest absolute Gasteiger partial charge is 0.260 e. The van der Waals surface area contributed by atoms with Crippen LogP contribution >= 0.6 is 27.7 Å². The first-order valence-corrected chi connectivity index (χ1v) is 5.92. The van der Waals surface area contributed by atoms with Crippen molar-refractivity contribution in [2.24, 2.45) is 0 Å². The lowest BCUT2D eigenvalue weighted by Crippen LogP contribution is -1.87. The van der Waals surface area contributed by atoms with Gasteiger partial charge in [-0.15, -0.1) is 0 Å².